The molecule has 0 atom stereocenters. The van der Waals surface area contributed by atoms with E-state index in [1.165, 1.54) is 12.8 Å². The summed E-state index contributed by atoms with van der Waals surface area (Å²) in [6.45, 7) is 2.32. The minimum absolute atomic E-state index is 0.0420. The number of anilines is 1. The summed E-state index contributed by atoms with van der Waals surface area (Å²) in [6, 6.07) is 6.28. The number of carbonyl (C=O) groups is 1. The zero-order valence-corrected chi connectivity index (χ0v) is 11.4. The molecular weight excluding hydrogens is 240 g/mol. The van der Waals surface area contributed by atoms with Crippen LogP contribution in [0.15, 0.2) is 18.2 Å². The molecule has 1 aliphatic carbocycles. The van der Waals surface area contributed by atoms with Crippen LogP contribution in [-0.2, 0) is 11.4 Å². The van der Waals surface area contributed by atoms with Crippen molar-refractivity contribution in [3.8, 4) is 0 Å². The van der Waals surface area contributed by atoms with Crippen molar-refractivity contribution < 1.29 is 9.90 Å². The third-order valence-corrected chi connectivity index (χ3v) is 3.84. The highest BCUT2D eigenvalue weighted by molar-refractivity contribution is 5.80. The van der Waals surface area contributed by atoms with E-state index in [4.69, 9.17) is 10.8 Å². The van der Waals surface area contributed by atoms with Crippen LogP contribution in [0.2, 0.25) is 0 Å². The molecule has 104 valence electrons. The SMILES string of the molecule is Cc1cc(CO)ccc1N(CC(N)=O)C1CCCC1. The maximum Gasteiger partial charge on any atom is 0.236 e. The first-order valence-corrected chi connectivity index (χ1v) is 6.87. The van der Waals surface area contributed by atoms with Gasteiger partial charge < -0.3 is 15.7 Å². The van der Waals surface area contributed by atoms with Gasteiger partial charge in [-0.3, -0.25) is 4.79 Å². The van der Waals surface area contributed by atoms with E-state index >= 15 is 0 Å². The van der Waals surface area contributed by atoms with Gasteiger partial charge in [0, 0.05) is 11.7 Å². The topological polar surface area (TPSA) is 66.6 Å². The fourth-order valence-electron chi connectivity index (χ4n) is 2.93. The van der Waals surface area contributed by atoms with E-state index in [-0.39, 0.29) is 19.1 Å². The van der Waals surface area contributed by atoms with Gasteiger partial charge in [-0.1, -0.05) is 25.0 Å². The molecular formula is C15H22N2O2. The minimum Gasteiger partial charge on any atom is -0.392 e. The molecule has 4 heteroatoms. The second-order valence-electron chi connectivity index (χ2n) is 5.31. The highest BCUT2D eigenvalue weighted by Crippen LogP contribution is 2.30. The van der Waals surface area contributed by atoms with Crippen LogP contribution in [0.4, 0.5) is 5.69 Å². The van der Waals surface area contributed by atoms with Crippen molar-refractivity contribution in [1.29, 1.82) is 0 Å². The van der Waals surface area contributed by atoms with Gasteiger partial charge in [0.05, 0.1) is 13.2 Å². The van der Waals surface area contributed by atoms with Crippen molar-refractivity contribution in [1.82, 2.24) is 0 Å². The van der Waals surface area contributed by atoms with Crippen LogP contribution in [0.5, 0.6) is 0 Å². The molecule has 0 unspecified atom stereocenters. The Hall–Kier alpha value is -1.55. The molecule has 0 aromatic heterocycles. The number of aliphatic hydroxyl groups excluding tert-OH is 1. The molecule has 4 nitrogen and oxygen atoms in total. The Morgan fingerprint density at radius 1 is 1.42 bits per heavy atom. The van der Waals surface area contributed by atoms with Crippen molar-refractivity contribution in [2.45, 2.75) is 45.3 Å². The van der Waals surface area contributed by atoms with Crippen molar-refractivity contribution in [3.05, 3.63) is 29.3 Å². The van der Waals surface area contributed by atoms with Crippen molar-refractivity contribution in [2.75, 3.05) is 11.4 Å². The van der Waals surface area contributed by atoms with Crippen LogP contribution in [-0.4, -0.2) is 23.6 Å². The monoisotopic (exact) mass is 262 g/mol. The normalized spacial score (nSPS) is 15.7. The maximum atomic E-state index is 11.3. The fraction of sp³-hybridized carbons (Fsp3) is 0.533. The summed E-state index contributed by atoms with van der Waals surface area (Å²) in [5.41, 5.74) is 8.42. The molecule has 0 aliphatic heterocycles. The quantitative estimate of drug-likeness (QED) is 0.849. The highest BCUT2D eigenvalue weighted by atomic mass is 16.3. The molecule has 19 heavy (non-hydrogen) atoms. The number of amides is 1. The van der Waals surface area contributed by atoms with Gasteiger partial charge in [-0.15, -0.1) is 0 Å². The number of aliphatic hydroxyl groups is 1. The van der Waals surface area contributed by atoms with Crippen LogP contribution in [0.25, 0.3) is 0 Å². The summed E-state index contributed by atoms with van der Waals surface area (Å²) in [5.74, 6) is -0.294. The summed E-state index contributed by atoms with van der Waals surface area (Å²) < 4.78 is 0. The molecule has 0 heterocycles. The Labute approximate surface area is 114 Å². The Bertz CT molecular complexity index is 453. The first kappa shape index (κ1) is 13.9. The van der Waals surface area contributed by atoms with Gasteiger partial charge in [-0.05, 0) is 37.0 Å². The Balaban J connectivity index is 2.28. The Kier molecular flexibility index (Phi) is 4.43. The molecule has 1 aromatic rings. The fourth-order valence-corrected chi connectivity index (χ4v) is 2.93. The number of rotatable bonds is 5. The number of aryl methyl sites for hydroxylation is 1. The van der Waals surface area contributed by atoms with E-state index in [2.05, 4.69) is 4.90 Å². The molecule has 0 bridgehead atoms. The van der Waals surface area contributed by atoms with Crippen molar-refractivity contribution >= 4 is 11.6 Å². The maximum absolute atomic E-state index is 11.3. The molecule has 1 fully saturated rings. The molecule has 1 aliphatic rings. The third-order valence-electron chi connectivity index (χ3n) is 3.84. The van der Waals surface area contributed by atoms with Gasteiger partial charge >= 0.3 is 0 Å². The molecule has 3 N–H and O–H groups in total. The van der Waals surface area contributed by atoms with Gasteiger partial charge in [0.2, 0.25) is 5.91 Å². The largest absolute Gasteiger partial charge is 0.392 e. The van der Waals surface area contributed by atoms with Gasteiger partial charge in [0.1, 0.15) is 0 Å². The minimum atomic E-state index is -0.294. The first-order chi connectivity index (χ1) is 9.11. The highest BCUT2D eigenvalue weighted by Gasteiger charge is 2.25. The van der Waals surface area contributed by atoms with Gasteiger partial charge in [0.15, 0.2) is 0 Å². The zero-order chi connectivity index (χ0) is 13.8. The summed E-state index contributed by atoms with van der Waals surface area (Å²) >= 11 is 0. The number of nitrogens with zero attached hydrogens (tertiary/aromatic N) is 1. The lowest BCUT2D eigenvalue weighted by molar-refractivity contribution is -0.116. The lowest BCUT2D eigenvalue weighted by Crippen LogP contribution is -2.40. The standard InChI is InChI=1S/C15H22N2O2/c1-11-8-12(10-18)6-7-14(11)17(9-15(16)19)13-4-2-3-5-13/h6-8,13,18H,2-5,9-10H2,1H3,(H2,16,19). The van der Waals surface area contributed by atoms with Gasteiger partial charge in [-0.2, -0.15) is 0 Å². The lowest BCUT2D eigenvalue weighted by Gasteiger charge is -2.31. The van der Waals surface area contributed by atoms with Crippen LogP contribution < -0.4 is 10.6 Å². The van der Waals surface area contributed by atoms with E-state index in [1.807, 2.05) is 25.1 Å². The van der Waals surface area contributed by atoms with Gasteiger partial charge in [0.25, 0.3) is 0 Å². The van der Waals surface area contributed by atoms with Crippen LogP contribution in [0.3, 0.4) is 0 Å². The molecule has 1 aromatic carbocycles. The summed E-state index contributed by atoms with van der Waals surface area (Å²) in [6.07, 6.45) is 4.67. The van der Waals surface area contributed by atoms with E-state index < -0.39 is 0 Å². The average molecular weight is 262 g/mol. The van der Waals surface area contributed by atoms with E-state index in [1.54, 1.807) is 0 Å². The summed E-state index contributed by atoms with van der Waals surface area (Å²) in [4.78, 5) is 13.4. The summed E-state index contributed by atoms with van der Waals surface area (Å²) in [7, 11) is 0. The molecule has 0 spiro atoms. The van der Waals surface area contributed by atoms with Crippen molar-refractivity contribution in [2.24, 2.45) is 5.73 Å². The van der Waals surface area contributed by atoms with Crippen LogP contribution in [0.1, 0.15) is 36.8 Å². The zero-order valence-electron chi connectivity index (χ0n) is 11.4. The lowest BCUT2D eigenvalue weighted by atomic mass is 10.1. The molecule has 0 radical (unpaired) electrons. The average Bonchev–Trinajstić information content (AvgIpc) is 2.89. The number of hydrogen-bond acceptors (Lipinski definition) is 3. The molecule has 0 saturated heterocycles. The predicted octanol–water partition coefficient (Wildman–Crippen LogP) is 1.72. The first-order valence-electron chi connectivity index (χ1n) is 6.87. The van der Waals surface area contributed by atoms with Crippen LogP contribution in [0, 0.1) is 6.92 Å². The predicted molar refractivity (Wildman–Crippen MR) is 75.9 cm³/mol. The molecule has 2 rings (SSSR count). The van der Waals surface area contributed by atoms with Gasteiger partial charge in [-0.25, -0.2) is 0 Å². The van der Waals surface area contributed by atoms with E-state index in [0.717, 1.165) is 29.7 Å². The number of benzene rings is 1. The van der Waals surface area contributed by atoms with E-state index in [0.29, 0.717) is 6.04 Å². The number of nitrogens with two attached hydrogens (primary N) is 1. The molecule has 1 saturated carbocycles. The summed E-state index contributed by atoms with van der Waals surface area (Å²) in [5, 5.41) is 9.16. The number of primary amides is 1. The molecule has 1 amide bonds. The second-order valence-corrected chi connectivity index (χ2v) is 5.31. The smallest absolute Gasteiger partial charge is 0.236 e. The third kappa shape index (κ3) is 3.26. The Morgan fingerprint density at radius 2 is 2.11 bits per heavy atom. The number of hydrogen-bond donors (Lipinski definition) is 2. The van der Waals surface area contributed by atoms with Crippen molar-refractivity contribution in [3.63, 3.8) is 0 Å². The number of carbonyl (C=O) groups excluding carboxylic acids is 1. The Morgan fingerprint density at radius 3 is 2.63 bits per heavy atom. The van der Waals surface area contributed by atoms with E-state index in [9.17, 15) is 4.79 Å². The van der Waals surface area contributed by atoms with Crippen LogP contribution >= 0.6 is 0 Å². The second kappa shape index (κ2) is 6.06.